The lowest BCUT2D eigenvalue weighted by atomic mass is 10.1. The first kappa shape index (κ1) is 14.6. The third kappa shape index (κ3) is 3.63. The van der Waals surface area contributed by atoms with Gasteiger partial charge < -0.3 is 10.0 Å². The molecule has 110 valence electrons. The van der Waals surface area contributed by atoms with E-state index in [-0.39, 0.29) is 18.7 Å². The van der Waals surface area contributed by atoms with Gasteiger partial charge in [-0.3, -0.25) is 4.90 Å². The van der Waals surface area contributed by atoms with E-state index in [1.54, 1.807) is 18.2 Å². The van der Waals surface area contributed by atoms with Crippen molar-refractivity contribution in [3.05, 3.63) is 29.8 Å². The molecule has 1 saturated heterocycles. The zero-order valence-corrected chi connectivity index (χ0v) is 10.7. The molecule has 0 unspecified atom stereocenters. The largest absolute Gasteiger partial charge is 0.478 e. The van der Waals surface area contributed by atoms with E-state index < -0.39 is 18.7 Å². The van der Waals surface area contributed by atoms with Crippen LogP contribution in [0.5, 0.6) is 0 Å². The lowest BCUT2D eigenvalue weighted by molar-refractivity contribution is -0.146. The van der Waals surface area contributed by atoms with Crippen molar-refractivity contribution < 1.29 is 23.1 Å². The normalized spacial score (nSPS) is 17.2. The number of para-hydroxylation sites is 1. The molecule has 7 heteroatoms. The first-order chi connectivity index (χ1) is 9.37. The van der Waals surface area contributed by atoms with E-state index in [9.17, 15) is 18.0 Å². The number of aromatic carboxylic acids is 1. The van der Waals surface area contributed by atoms with E-state index in [1.165, 1.54) is 11.0 Å². The fourth-order valence-electron chi connectivity index (χ4n) is 2.33. The first-order valence-corrected chi connectivity index (χ1v) is 6.23. The molecule has 1 heterocycles. The Morgan fingerprint density at radius 3 is 2.30 bits per heavy atom. The van der Waals surface area contributed by atoms with Gasteiger partial charge in [0.1, 0.15) is 0 Å². The highest BCUT2D eigenvalue weighted by atomic mass is 19.4. The number of piperazine rings is 1. The zero-order valence-electron chi connectivity index (χ0n) is 10.7. The molecule has 0 spiro atoms. The Hall–Kier alpha value is -1.76. The third-order valence-corrected chi connectivity index (χ3v) is 3.25. The average Bonchev–Trinajstić information content (AvgIpc) is 2.38. The summed E-state index contributed by atoms with van der Waals surface area (Å²) in [6.07, 6.45) is -4.19. The van der Waals surface area contributed by atoms with Gasteiger partial charge in [-0.05, 0) is 12.1 Å². The number of rotatable bonds is 3. The molecule has 1 aromatic rings. The Morgan fingerprint density at radius 1 is 1.15 bits per heavy atom. The van der Waals surface area contributed by atoms with E-state index in [0.717, 1.165) is 0 Å². The first-order valence-electron chi connectivity index (χ1n) is 6.23. The van der Waals surface area contributed by atoms with Gasteiger partial charge in [0.05, 0.1) is 17.8 Å². The number of carboxylic acid groups (broad SMARTS) is 1. The molecular weight excluding hydrogens is 273 g/mol. The van der Waals surface area contributed by atoms with Crippen molar-refractivity contribution in [2.45, 2.75) is 6.18 Å². The molecule has 0 bridgehead atoms. The van der Waals surface area contributed by atoms with Gasteiger partial charge in [0.2, 0.25) is 0 Å². The molecular formula is C13H15F3N2O2. The summed E-state index contributed by atoms with van der Waals surface area (Å²) >= 11 is 0. The molecule has 2 rings (SSSR count). The second-order valence-electron chi connectivity index (χ2n) is 4.70. The van der Waals surface area contributed by atoms with Gasteiger partial charge >= 0.3 is 12.1 Å². The van der Waals surface area contributed by atoms with Crippen LogP contribution >= 0.6 is 0 Å². The van der Waals surface area contributed by atoms with Crippen LogP contribution in [0, 0.1) is 0 Å². The van der Waals surface area contributed by atoms with E-state index >= 15 is 0 Å². The van der Waals surface area contributed by atoms with Crippen LogP contribution in [0.4, 0.5) is 18.9 Å². The summed E-state index contributed by atoms with van der Waals surface area (Å²) in [6, 6.07) is 6.54. The maximum absolute atomic E-state index is 12.3. The van der Waals surface area contributed by atoms with Crippen molar-refractivity contribution in [3.63, 3.8) is 0 Å². The number of hydrogen-bond acceptors (Lipinski definition) is 3. The number of halogens is 3. The van der Waals surface area contributed by atoms with Crippen molar-refractivity contribution >= 4 is 11.7 Å². The van der Waals surface area contributed by atoms with Crippen LogP contribution in [0.1, 0.15) is 10.4 Å². The minimum absolute atomic E-state index is 0.178. The van der Waals surface area contributed by atoms with Gasteiger partial charge in [-0.1, -0.05) is 12.1 Å². The quantitative estimate of drug-likeness (QED) is 0.924. The molecule has 0 amide bonds. The summed E-state index contributed by atoms with van der Waals surface area (Å²) in [5.41, 5.74) is 0.739. The number of benzene rings is 1. The summed E-state index contributed by atoms with van der Waals surface area (Å²) in [5.74, 6) is -1.03. The number of carbonyl (C=O) groups is 1. The van der Waals surface area contributed by atoms with E-state index in [1.807, 2.05) is 4.90 Å². The molecule has 1 aliphatic rings. The van der Waals surface area contributed by atoms with Crippen molar-refractivity contribution in [2.75, 3.05) is 37.6 Å². The van der Waals surface area contributed by atoms with Crippen LogP contribution in [0.25, 0.3) is 0 Å². The Morgan fingerprint density at radius 2 is 1.75 bits per heavy atom. The molecule has 1 N–H and O–H groups in total. The molecule has 0 aliphatic carbocycles. The summed E-state index contributed by atoms with van der Waals surface area (Å²) in [6.45, 7) is 0.406. The fourth-order valence-corrected chi connectivity index (χ4v) is 2.33. The molecule has 0 aromatic heterocycles. The topological polar surface area (TPSA) is 43.8 Å². The van der Waals surface area contributed by atoms with E-state index in [4.69, 9.17) is 5.11 Å². The Labute approximate surface area is 114 Å². The number of carboxylic acids is 1. The predicted octanol–water partition coefficient (Wildman–Crippen LogP) is 2.07. The van der Waals surface area contributed by atoms with Crippen LogP contribution in [0.2, 0.25) is 0 Å². The van der Waals surface area contributed by atoms with Crippen LogP contribution in [0.3, 0.4) is 0 Å². The highest BCUT2D eigenvalue weighted by molar-refractivity contribution is 5.94. The Balaban J connectivity index is 2.03. The van der Waals surface area contributed by atoms with Crippen molar-refractivity contribution in [1.29, 1.82) is 0 Å². The maximum Gasteiger partial charge on any atom is 0.401 e. The summed E-state index contributed by atoms with van der Waals surface area (Å²) < 4.78 is 36.9. The number of anilines is 1. The maximum atomic E-state index is 12.3. The minimum atomic E-state index is -4.19. The molecule has 0 saturated carbocycles. The van der Waals surface area contributed by atoms with Gasteiger partial charge in [0, 0.05) is 26.2 Å². The third-order valence-electron chi connectivity index (χ3n) is 3.25. The van der Waals surface area contributed by atoms with Crippen LogP contribution < -0.4 is 4.90 Å². The highest BCUT2D eigenvalue weighted by Crippen LogP contribution is 2.23. The Bertz CT molecular complexity index is 483. The van der Waals surface area contributed by atoms with E-state index in [2.05, 4.69) is 0 Å². The second-order valence-corrected chi connectivity index (χ2v) is 4.70. The summed E-state index contributed by atoms with van der Waals surface area (Å²) in [4.78, 5) is 14.3. The van der Waals surface area contributed by atoms with Crippen LogP contribution in [-0.2, 0) is 0 Å². The highest BCUT2D eigenvalue weighted by Gasteiger charge is 2.32. The van der Waals surface area contributed by atoms with Gasteiger partial charge in [0.25, 0.3) is 0 Å². The van der Waals surface area contributed by atoms with Gasteiger partial charge in [0.15, 0.2) is 0 Å². The summed E-state index contributed by atoms with van der Waals surface area (Å²) in [5, 5.41) is 9.12. The minimum Gasteiger partial charge on any atom is -0.478 e. The molecule has 0 radical (unpaired) electrons. The van der Waals surface area contributed by atoms with Crippen LogP contribution in [-0.4, -0.2) is 54.9 Å². The number of nitrogens with zero attached hydrogens (tertiary/aromatic N) is 2. The summed E-state index contributed by atoms with van der Waals surface area (Å²) in [7, 11) is 0. The molecule has 1 fully saturated rings. The monoisotopic (exact) mass is 288 g/mol. The van der Waals surface area contributed by atoms with Crippen LogP contribution in [0.15, 0.2) is 24.3 Å². The standard InChI is InChI=1S/C13H15F3N2O2/c14-13(15,16)9-17-5-7-18(8-6-17)11-4-2-1-3-10(11)12(19)20/h1-4H,5-9H2,(H,19,20). The molecule has 20 heavy (non-hydrogen) atoms. The van der Waals surface area contributed by atoms with Crippen molar-refractivity contribution in [3.8, 4) is 0 Å². The Kier molecular flexibility index (Phi) is 4.17. The molecule has 4 nitrogen and oxygen atoms in total. The predicted molar refractivity (Wildman–Crippen MR) is 68.1 cm³/mol. The fraction of sp³-hybridized carbons (Fsp3) is 0.462. The van der Waals surface area contributed by atoms with Gasteiger partial charge in [-0.15, -0.1) is 0 Å². The van der Waals surface area contributed by atoms with Crippen molar-refractivity contribution in [1.82, 2.24) is 4.90 Å². The lowest BCUT2D eigenvalue weighted by Gasteiger charge is -2.36. The van der Waals surface area contributed by atoms with Gasteiger partial charge in [-0.2, -0.15) is 13.2 Å². The SMILES string of the molecule is O=C(O)c1ccccc1N1CCN(CC(F)(F)F)CC1. The molecule has 1 aliphatic heterocycles. The second kappa shape index (κ2) is 5.70. The number of alkyl halides is 3. The van der Waals surface area contributed by atoms with Gasteiger partial charge in [-0.25, -0.2) is 4.79 Å². The molecule has 0 atom stereocenters. The number of hydrogen-bond donors (Lipinski definition) is 1. The zero-order chi connectivity index (χ0) is 14.8. The van der Waals surface area contributed by atoms with E-state index in [0.29, 0.717) is 18.8 Å². The smallest absolute Gasteiger partial charge is 0.401 e. The molecule has 1 aromatic carbocycles. The average molecular weight is 288 g/mol. The lowest BCUT2D eigenvalue weighted by Crippen LogP contribution is -2.49. The van der Waals surface area contributed by atoms with Crippen molar-refractivity contribution in [2.24, 2.45) is 0 Å².